The molecule has 1 atom stereocenters. The maximum atomic E-state index is 12.4. The number of para-hydroxylation sites is 1. The van der Waals surface area contributed by atoms with Gasteiger partial charge >= 0.3 is 0 Å². The number of rotatable bonds is 5. The monoisotopic (exact) mass is 313 g/mol. The summed E-state index contributed by atoms with van der Waals surface area (Å²) in [7, 11) is 2.16. The molecule has 1 aromatic carbocycles. The average molecular weight is 313 g/mol. The van der Waals surface area contributed by atoms with Gasteiger partial charge < -0.3 is 10.2 Å². The summed E-state index contributed by atoms with van der Waals surface area (Å²) in [6.07, 6.45) is 5.03. The van der Waals surface area contributed by atoms with E-state index in [1.165, 1.54) is 25.6 Å². The largest absolute Gasteiger partial charge is 0.351 e. The minimum atomic E-state index is -0.122. The van der Waals surface area contributed by atoms with Crippen LogP contribution in [-0.4, -0.2) is 52.5 Å². The van der Waals surface area contributed by atoms with Gasteiger partial charge in [-0.05, 0) is 50.9 Å². The number of amides is 1. The quantitative estimate of drug-likeness (QED) is 0.913. The Morgan fingerprint density at radius 2 is 2.17 bits per heavy atom. The van der Waals surface area contributed by atoms with Crippen LogP contribution in [0.5, 0.6) is 0 Å². The number of piperidine rings is 1. The molecule has 6 nitrogen and oxygen atoms in total. The van der Waals surface area contributed by atoms with E-state index in [0.29, 0.717) is 18.2 Å². The zero-order valence-corrected chi connectivity index (χ0v) is 13.5. The lowest BCUT2D eigenvalue weighted by Crippen LogP contribution is -2.35. The molecule has 122 valence electrons. The van der Waals surface area contributed by atoms with Crippen molar-refractivity contribution in [1.82, 2.24) is 25.2 Å². The molecule has 0 aliphatic carbocycles. The lowest BCUT2D eigenvalue weighted by atomic mass is 9.95. The van der Waals surface area contributed by atoms with E-state index in [0.717, 1.165) is 18.7 Å². The average Bonchev–Trinajstić information content (AvgIpc) is 3.05. The minimum Gasteiger partial charge on any atom is -0.351 e. The second-order valence-corrected chi connectivity index (χ2v) is 6.18. The number of hydrogen-bond donors (Lipinski definition) is 1. The standard InChI is InChI=1S/C17H23N5O/c1-21-11-5-6-14(13-21)9-10-18-17(23)16-12-19-20-22(16)15-7-3-2-4-8-15/h2-4,7-8,12,14H,5-6,9-11,13H2,1H3,(H,18,23)/t14-/m1/s1. The third-order valence-electron chi connectivity index (χ3n) is 4.34. The molecule has 1 N–H and O–H groups in total. The number of aromatic nitrogens is 3. The van der Waals surface area contributed by atoms with Crippen molar-refractivity contribution in [3.05, 3.63) is 42.2 Å². The lowest BCUT2D eigenvalue weighted by Gasteiger charge is -2.29. The van der Waals surface area contributed by atoms with Crippen molar-refractivity contribution in [2.75, 3.05) is 26.7 Å². The molecule has 0 saturated carbocycles. The fraction of sp³-hybridized carbons (Fsp3) is 0.471. The Hall–Kier alpha value is -2.21. The van der Waals surface area contributed by atoms with Gasteiger partial charge in [-0.2, -0.15) is 0 Å². The molecule has 1 fully saturated rings. The fourth-order valence-electron chi connectivity index (χ4n) is 3.14. The number of carbonyl (C=O) groups excluding carboxylic acids is 1. The molecule has 1 amide bonds. The molecular formula is C17H23N5O. The van der Waals surface area contributed by atoms with E-state index < -0.39 is 0 Å². The summed E-state index contributed by atoms with van der Waals surface area (Å²) in [6.45, 7) is 3.00. The highest BCUT2D eigenvalue weighted by Gasteiger charge is 2.18. The zero-order chi connectivity index (χ0) is 16.1. The highest BCUT2D eigenvalue weighted by molar-refractivity contribution is 5.92. The molecule has 0 radical (unpaired) electrons. The van der Waals surface area contributed by atoms with E-state index in [4.69, 9.17) is 0 Å². The van der Waals surface area contributed by atoms with Gasteiger partial charge in [0.15, 0.2) is 5.69 Å². The predicted molar refractivity (Wildman–Crippen MR) is 88.5 cm³/mol. The van der Waals surface area contributed by atoms with Crippen molar-refractivity contribution in [3.63, 3.8) is 0 Å². The zero-order valence-electron chi connectivity index (χ0n) is 13.5. The predicted octanol–water partition coefficient (Wildman–Crippen LogP) is 1.73. The van der Waals surface area contributed by atoms with E-state index in [1.807, 2.05) is 30.3 Å². The Balaban J connectivity index is 1.56. The molecule has 3 rings (SSSR count). The molecule has 0 bridgehead atoms. The Labute approximate surface area is 136 Å². The van der Waals surface area contributed by atoms with Gasteiger partial charge in [0.2, 0.25) is 0 Å². The van der Waals surface area contributed by atoms with Crippen molar-refractivity contribution in [2.24, 2.45) is 5.92 Å². The fourth-order valence-corrected chi connectivity index (χ4v) is 3.14. The topological polar surface area (TPSA) is 63.1 Å². The summed E-state index contributed by atoms with van der Waals surface area (Å²) in [6, 6.07) is 9.57. The summed E-state index contributed by atoms with van der Waals surface area (Å²) < 4.78 is 1.57. The Morgan fingerprint density at radius 3 is 2.96 bits per heavy atom. The number of likely N-dealkylation sites (tertiary alicyclic amines) is 1. The van der Waals surface area contributed by atoms with Gasteiger partial charge in [-0.15, -0.1) is 5.10 Å². The normalized spacial score (nSPS) is 18.7. The van der Waals surface area contributed by atoms with E-state index in [1.54, 1.807) is 4.68 Å². The molecule has 1 aromatic heterocycles. The highest BCUT2D eigenvalue weighted by atomic mass is 16.2. The Morgan fingerprint density at radius 1 is 1.35 bits per heavy atom. The molecule has 0 unspecified atom stereocenters. The van der Waals surface area contributed by atoms with Crippen LogP contribution in [0.4, 0.5) is 0 Å². The van der Waals surface area contributed by atoms with Crippen molar-refractivity contribution >= 4 is 5.91 Å². The number of nitrogens with zero attached hydrogens (tertiary/aromatic N) is 4. The molecule has 1 aliphatic heterocycles. The van der Waals surface area contributed by atoms with Gasteiger partial charge in [0.25, 0.3) is 5.91 Å². The van der Waals surface area contributed by atoms with Gasteiger partial charge in [-0.3, -0.25) is 4.79 Å². The summed E-state index contributed by atoms with van der Waals surface area (Å²) in [5.41, 5.74) is 1.31. The molecule has 6 heteroatoms. The van der Waals surface area contributed by atoms with Crippen LogP contribution >= 0.6 is 0 Å². The second kappa shape index (κ2) is 7.37. The first-order chi connectivity index (χ1) is 11.2. The first-order valence-corrected chi connectivity index (χ1v) is 8.17. The van der Waals surface area contributed by atoms with Crippen LogP contribution in [-0.2, 0) is 0 Å². The van der Waals surface area contributed by atoms with Crippen molar-refractivity contribution < 1.29 is 4.79 Å². The molecular weight excluding hydrogens is 290 g/mol. The van der Waals surface area contributed by atoms with Crippen molar-refractivity contribution in [2.45, 2.75) is 19.3 Å². The summed E-state index contributed by atoms with van der Waals surface area (Å²) in [5, 5.41) is 10.9. The maximum Gasteiger partial charge on any atom is 0.271 e. The molecule has 1 aliphatic rings. The van der Waals surface area contributed by atoms with Crippen molar-refractivity contribution in [1.29, 1.82) is 0 Å². The molecule has 2 aromatic rings. The van der Waals surface area contributed by atoms with Crippen LogP contribution in [0.25, 0.3) is 5.69 Å². The Bertz CT molecular complexity index is 639. The van der Waals surface area contributed by atoms with Gasteiger partial charge in [0.1, 0.15) is 0 Å². The maximum absolute atomic E-state index is 12.4. The number of nitrogens with one attached hydrogen (secondary N) is 1. The van der Waals surface area contributed by atoms with E-state index in [-0.39, 0.29) is 5.91 Å². The second-order valence-electron chi connectivity index (χ2n) is 6.18. The van der Waals surface area contributed by atoms with E-state index in [9.17, 15) is 4.79 Å². The molecule has 23 heavy (non-hydrogen) atoms. The van der Waals surface area contributed by atoms with Gasteiger partial charge in [-0.1, -0.05) is 23.4 Å². The summed E-state index contributed by atoms with van der Waals surface area (Å²) >= 11 is 0. The van der Waals surface area contributed by atoms with Gasteiger partial charge in [0, 0.05) is 13.1 Å². The van der Waals surface area contributed by atoms with Crippen LogP contribution in [0.2, 0.25) is 0 Å². The minimum absolute atomic E-state index is 0.122. The van der Waals surface area contributed by atoms with E-state index >= 15 is 0 Å². The van der Waals surface area contributed by atoms with Crippen LogP contribution < -0.4 is 5.32 Å². The molecule has 2 heterocycles. The first-order valence-electron chi connectivity index (χ1n) is 8.17. The Kier molecular flexibility index (Phi) is 5.02. The number of benzene rings is 1. The third kappa shape index (κ3) is 3.96. The lowest BCUT2D eigenvalue weighted by molar-refractivity contribution is 0.0940. The highest BCUT2D eigenvalue weighted by Crippen LogP contribution is 2.17. The number of carbonyl (C=O) groups is 1. The van der Waals surface area contributed by atoms with Gasteiger partial charge in [-0.25, -0.2) is 4.68 Å². The van der Waals surface area contributed by atoms with Crippen molar-refractivity contribution in [3.8, 4) is 5.69 Å². The smallest absolute Gasteiger partial charge is 0.271 e. The molecule has 1 saturated heterocycles. The van der Waals surface area contributed by atoms with Crippen LogP contribution in [0.1, 0.15) is 29.8 Å². The van der Waals surface area contributed by atoms with Crippen LogP contribution in [0.3, 0.4) is 0 Å². The number of hydrogen-bond acceptors (Lipinski definition) is 4. The molecule has 0 spiro atoms. The third-order valence-corrected chi connectivity index (χ3v) is 4.34. The SMILES string of the molecule is CN1CCC[C@H](CCNC(=O)c2cnnn2-c2ccccc2)C1. The summed E-state index contributed by atoms with van der Waals surface area (Å²) in [4.78, 5) is 14.7. The summed E-state index contributed by atoms with van der Waals surface area (Å²) in [5.74, 6) is 0.550. The van der Waals surface area contributed by atoms with E-state index in [2.05, 4.69) is 27.6 Å². The van der Waals surface area contributed by atoms with Crippen LogP contribution in [0.15, 0.2) is 36.5 Å². The van der Waals surface area contributed by atoms with Crippen LogP contribution in [0, 0.1) is 5.92 Å². The first kappa shape index (κ1) is 15.7. The van der Waals surface area contributed by atoms with Gasteiger partial charge in [0.05, 0.1) is 11.9 Å².